The lowest BCUT2D eigenvalue weighted by atomic mass is 10.1. The summed E-state index contributed by atoms with van der Waals surface area (Å²) in [6.45, 7) is 0.160. The van der Waals surface area contributed by atoms with Gasteiger partial charge in [0.2, 0.25) is 5.78 Å². The molecule has 0 aromatic heterocycles. The number of ether oxygens (including phenoxy) is 2. The number of para-hydroxylation sites is 2. The van der Waals surface area contributed by atoms with Crippen LogP contribution in [-0.2, 0) is 0 Å². The second kappa shape index (κ2) is 4.72. The average Bonchev–Trinajstić information content (AvgIpc) is 2.47. The van der Waals surface area contributed by atoms with Gasteiger partial charge in [-0.3, -0.25) is 4.79 Å². The highest BCUT2D eigenvalue weighted by molar-refractivity contribution is 5.99. The number of halogens is 1. The molecule has 3 nitrogen and oxygen atoms in total. The molecule has 3 rings (SSSR count). The maximum absolute atomic E-state index is 12.8. The molecule has 1 aliphatic heterocycles. The predicted octanol–water partition coefficient (Wildman–Crippen LogP) is 2.85. The number of Topliss-reactive ketones (excluding diaryl/α,β-unsaturated/α-hetero) is 1. The lowest BCUT2D eigenvalue weighted by Gasteiger charge is -2.25. The van der Waals surface area contributed by atoms with Crippen molar-refractivity contribution in [3.05, 3.63) is 59.9 Å². The van der Waals surface area contributed by atoms with Gasteiger partial charge >= 0.3 is 0 Å². The minimum absolute atomic E-state index is 0.160. The zero-order valence-electron chi connectivity index (χ0n) is 10.0. The maximum Gasteiger partial charge on any atom is 0.206 e. The highest BCUT2D eigenvalue weighted by Gasteiger charge is 2.27. The maximum atomic E-state index is 12.8. The number of hydrogen-bond acceptors (Lipinski definition) is 3. The van der Waals surface area contributed by atoms with Crippen LogP contribution < -0.4 is 9.47 Å². The molecule has 0 amide bonds. The minimum Gasteiger partial charge on any atom is -0.485 e. The topological polar surface area (TPSA) is 35.5 Å². The van der Waals surface area contributed by atoms with Crippen molar-refractivity contribution in [3.8, 4) is 11.5 Å². The van der Waals surface area contributed by atoms with Gasteiger partial charge in [-0.05, 0) is 36.4 Å². The Kier molecular flexibility index (Phi) is 2.91. The fraction of sp³-hybridized carbons (Fsp3) is 0.133. The Morgan fingerprint density at radius 3 is 2.47 bits per heavy atom. The molecule has 0 aliphatic carbocycles. The molecule has 1 unspecified atom stereocenters. The summed E-state index contributed by atoms with van der Waals surface area (Å²) in [7, 11) is 0. The number of fused-ring (bicyclic) bond motifs is 1. The molecule has 2 aromatic rings. The SMILES string of the molecule is O=C(c1ccc(F)cc1)C1COc2ccccc2O1. The molecule has 19 heavy (non-hydrogen) atoms. The Balaban J connectivity index is 1.81. The van der Waals surface area contributed by atoms with Gasteiger partial charge in [0.15, 0.2) is 17.6 Å². The van der Waals surface area contributed by atoms with Crippen molar-refractivity contribution in [1.29, 1.82) is 0 Å². The van der Waals surface area contributed by atoms with Gasteiger partial charge in [0.25, 0.3) is 0 Å². The van der Waals surface area contributed by atoms with Crippen LogP contribution in [0.4, 0.5) is 4.39 Å². The second-order valence-corrected chi connectivity index (χ2v) is 4.24. The van der Waals surface area contributed by atoms with Gasteiger partial charge in [-0.15, -0.1) is 0 Å². The summed E-state index contributed by atoms with van der Waals surface area (Å²) in [5.74, 6) is 0.595. The van der Waals surface area contributed by atoms with Crippen molar-refractivity contribution < 1.29 is 18.7 Å². The molecular formula is C15H11FO3. The zero-order chi connectivity index (χ0) is 13.2. The molecule has 0 N–H and O–H groups in total. The molecule has 0 saturated heterocycles. The summed E-state index contributed by atoms with van der Waals surface area (Å²) in [4.78, 5) is 12.2. The van der Waals surface area contributed by atoms with E-state index in [1.807, 2.05) is 12.1 Å². The molecule has 1 heterocycles. The lowest BCUT2D eigenvalue weighted by molar-refractivity contribution is 0.0586. The van der Waals surface area contributed by atoms with Gasteiger partial charge in [-0.25, -0.2) is 4.39 Å². The molecule has 0 saturated carbocycles. The van der Waals surface area contributed by atoms with Gasteiger partial charge in [-0.1, -0.05) is 12.1 Å². The molecule has 2 aromatic carbocycles. The number of carbonyl (C=O) groups excluding carboxylic acids is 1. The highest BCUT2D eigenvalue weighted by Crippen LogP contribution is 2.31. The Morgan fingerprint density at radius 2 is 1.74 bits per heavy atom. The fourth-order valence-corrected chi connectivity index (χ4v) is 1.95. The molecule has 0 radical (unpaired) electrons. The van der Waals surface area contributed by atoms with Crippen molar-refractivity contribution in [2.75, 3.05) is 6.61 Å². The second-order valence-electron chi connectivity index (χ2n) is 4.24. The highest BCUT2D eigenvalue weighted by atomic mass is 19.1. The van der Waals surface area contributed by atoms with Crippen LogP contribution in [0.5, 0.6) is 11.5 Å². The lowest BCUT2D eigenvalue weighted by Crippen LogP contribution is -2.36. The van der Waals surface area contributed by atoms with Crippen molar-refractivity contribution >= 4 is 5.78 Å². The molecule has 4 heteroatoms. The molecular weight excluding hydrogens is 247 g/mol. The summed E-state index contributed by atoms with van der Waals surface area (Å²) < 4.78 is 23.9. The van der Waals surface area contributed by atoms with Gasteiger partial charge in [0, 0.05) is 5.56 Å². The van der Waals surface area contributed by atoms with Gasteiger partial charge in [-0.2, -0.15) is 0 Å². The van der Waals surface area contributed by atoms with Gasteiger partial charge in [0.05, 0.1) is 0 Å². The van der Waals surface area contributed by atoms with E-state index in [1.54, 1.807) is 12.1 Å². The smallest absolute Gasteiger partial charge is 0.206 e. The molecule has 1 aliphatic rings. The summed E-state index contributed by atoms with van der Waals surface area (Å²) in [6.07, 6.45) is -0.694. The van der Waals surface area contributed by atoms with Crippen LogP contribution in [0, 0.1) is 5.82 Å². The first-order valence-electron chi connectivity index (χ1n) is 5.92. The van der Waals surface area contributed by atoms with Crippen LogP contribution in [-0.4, -0.2) is 18.5 Å². The summed E-state index contributed by atoms with van der Waals surface area (Å²) in [5.41, 5.74) is 0.411. The van der Waals surface area contributed by atoms with E-state index in [-0.39, 0.29) is 18.2 Å². The van der Waals surface area contributed by atoms with E-state index in [0.717, 1.165) is 0 Å². The van der Waals surface area contributed by atoms with Crippen molar-refractivity contribution in [2.45, 2.75) is 6.10 Å². The number of rotatable bonds is 2. The molecule has 0 spiro atoms. The van der Waals surface area contributed by atoms with Crippen LogP contribution in [0.1, 0.15) is 10.4 Å². The number of benzene rings is 2. The molecule has 1 atom stereocenters. The average molecular weight is 258 g/mol. The first-order chi connectivity index (χ1) is 9.24. The first-order valence-corrected chi connectivity index (χ1v) is 5.92. The van der Waals surface area contributed by atoms with Crippen molar-refractivity contribution in [1.82, 2.24) is 0 Å². The molecule has 96 valence electrons. The van der Waals surface area contributed by atoms with E-state index in [9.17, 15) is 9.18 Å². The van der Waals surface area contributed by atoms with Crippen molar-refractivity contribution in [3.63, 3.8) is 0 Å². The van der Waals surface area contributed by atoms with Gasteiger partial charge in [0.1, 0.15) is 12.4 Å². The predicted molar refractivity (Wildman–Crippen MR) is 67.1 cm³/mol. The summed E-state index contributed by atoms with van der Waals surface area (Å²) in [6, 6.07) is 12.6. The van der Waals surface area contributed by atoms with E-state index < -0.39 is 6.10 Å². The number of hydrogen-bond donors (Lipinski definition) is 0. The number of ketones is 1. The Bertz CT molecular complexity index is 607. The largest absolute Gasteiger partial charge is 0.485 e. The zero-order valence-corrected chi connectivity index (χ0v) is 10.0. The Hall–Kier alpha value is -2.36. The normalized spacial score (nSPS) is 17.0. The van der Waals surface area contributed by atoms with Crippen LogP contribution in [0.2, 0.25) is 0 Å². The van der Waals surface area contributed by atoms with E-state index in [2.05, 4.69) is 0 Å². The van der Waals surface area contributed by atoms with Crippen LogP contribution in [0.25, 0.3) is 0 Å². The van der Waals surface area contributed by atoms with E-state index >= 15 is 0 Å². The quantitative estimate of drug-likeness (QED) is 0.777. The Labute approximate surface area is 109 Å². The summed E-state index contributed by atoms with van der Waals surface area (Å²) in [5, 5.41) is 0. The third-order valence-corrected chi connectivity index (χ3v) is 2.93. The van der Waals surface area contributed by atoms with E-state index in [0.29, 0.717) is 17.1 Å². The first kappa shape index (κ1) is 11.7. The molecule has 0 fully saturated rings. The standard InChI is InChI=1S/C15H11FO3/c16-11-7-5-10(6-8-11)15(17)14-9-18-12-3-1-2-4-13(12)19-14/h1-8,14H,9H2. The van der Waals surface area contributed by atoms with E-state index in [4.69, 9.17) is 9.47 Å². The monoisotopic (exact) mass is 258 g/mol. The number of carbonyl (C=O) groups is 1. The summed E-state index contributed by atoms with van der Waals surface area (Å²) >= 11 is 0. The van der Waals surface area contributed by atoms with Crippen molar-refractivity contribution in [2.24, 2.45) is 0 Å². The third-order valence-electron chi connectivity index (χ3n) is 2.93. The van der Waals surface area contributed by atoms with Crippen LogP contribution >= 0.6 is 0 Å². The third kappa shape index (κ3) is 2.29. The van der Waals surface area contributed by atoms with Crippen LogP contribution in [0.3, 0.4) is 0 Å². The Morgan fingerprint density at radius 1 is 1.05 bits per heavy atom. The van der Waals surface area contributed by atoms with Crippen LogP contribution in [0.15, 0.2) is 48.5 Å². The minimum atomic E-state index is -0.694. The van der Waals surface area contributed by atoms with Gasteiger partial charge < -0.3 is 9.47 Å². The fourth-order valence-electron chi connectivity index (χ4n) is 1.95. The van der Waals surface area contributed by atoms with E-state index in [1.165, 1.54) is 24.3 Å². The molecule has 0 bridgehead atoms.